The van der Waals surface area contributed by atoms with Gasteiger partial charge in [-0.05, 0) is 41.7 Å². The zero-order valence-electron chi connectivity index (χ0n) is 11.2. The topological polar surface area (TPSA) is 13.1 Å². The Bertz CT molecular complexity index is 350. The van der Waals surface area contributed by atoms with E-state index >= 15 is 0 Å². The molecule has 1 atom stereocenters. The van der Waals surface area contributed by atoms with E-state index in [0.29, 0.717) is 17.3 Å². The second-order valence-corrected chi connectivity index (χ2v) is 6.62. The van der Waals surface area contributed by atoms with Gasteiger partial charge in [0.2, 0.25) is 0 Å². The van der Waals surface area contributed by atoms with E-state index in [0.717, 1.165) is 5.92 Å². The van der Waals surface area contributed by atoms with Gasteiger partial charge in [0.25, 0.3) is 0 Å². The molecule has 0 bridgehead atoms. The lowest BCUT2D eigenvalue weighted by atomic mass is 9.76. The standard InChI is InChI=1S/C15H24O/c1-10(2)12-8-13(16-9-12)14(11-6-7-11)15(3,4)5/h8-11,14H,6-7H2,1-5H3/t14-/m1/s1. The summed E-state index contributed by atoms with van der Waals surface area (Å²) in [6.07, 6.45) is 4.69. The van der Waals surface area contributed by atoms with E-state index in [-0.39, 0.29) is 0 Å². The maximum absolute atomic E-state index is 5.82. The smallest absolute Gasteiger partial charge is 0.107 e. The largest absolute Gasteiger partial charge is 0.469 e. The number of rotatable bonds is 3. The third kappa shape index (κ3) is 2.34. The van der Waals surface area contributed by atoms with Gasteiger partial charge in [0.1, 0.15) is 5.76 Å². The van der Waals surface area contributed by atoms with Gasteiger partial charge in [-0.2, -0.15) is 0 Å². The fourth-order valence-corrected chi connectivity index (χ4v) is 2.63. The van der Waals surface area contributed by atoms with Crippen molar-refractivity contribution in [2.75, 3.05) is 0 Å². The van der Waals surface area contributed by atoms with Crippen LogP contribution in [0.15, 0.2) is 16.7 Å². The maximum Gasteiger partial charge on any atom is 0.107 e. The number of furan rings is 1. The van der Waals surface area contributed by atoms with Crippen molar-refractivity contribution < 1.29 is 4.42 Å². The molecule has 0 spiro atoms. The number of hydrogen-bond acceptors (Lipinski definition) is 1. The summed E-state index contributed by atoms with van der Waals surface area (Å²) in [6.45, 7) is 11.4. The SMILES string of the molecule is CC(C)c1coc([C@@H](C2CC2)C(C)(C)C)c1. The Balaban J connectivity index is 2.25. The van der Waals surface area contributed by atoms with Gasteiger partial charge >= 0.3 is 0 Å². The molecule has 1 fully saturated rings. The summed E-state index contributed by atoms with van der Waals surface area (Å²) in [6, 6.07) is 2.28. The average Bonchev–Trinajstić information content (AvgIpc) is 2.79. The summed E-state index contributed by atoms with van der Waals surface area (Å²) >= 11 is 0. The normalized spacial score (nSPS) is 19.1. The van der Waals surface area contributed by atoms with Crippen LogP contribution in [0.2, 0.25) is 0 Å². The first-order valence-electron chi connectivity index (χ1n) is 6.48. The van der Waals surface area contributed by atoms with E-state index in [1.54, 1.807) is 0 Å². The molecule has 1 aromatic heterocycles. The third-order valence-electron chi connectivity index (χ3n) is 3.64. The monoisotopic (exact) mass is 220 g/mol. The maximum atomic E-state index is 5.82. The van der Waals surface area contributed by atoms with Gasteiger partial charge in [-0.1, -0.05) is 34.6 Å². The minimum absolute atomic E-state index is 0.313. The first-order valence-corrected chi connectivity index (χ1v) is 6.48. The van der Waals surface area contributed by atoms with Crippen LogP contribution in [0.1, 0.15) is 70.6 Å². The first kappa shape index (κ1) is 11.8. The van der Waals surface area contributed by atoms with Gasteiger partial charge in [0.05, 0.1) is 6.26 Å². The predicted octanol–water partition coefficient (Wildman–Crippen LogP) is 4.94. The van der Waals surface area contributed by atoms with Crippen LogP contribution in [-0.2, 0) is 0 Å². The van der Waals surface area contributed by atoms with Crippen LogP contribution in [0.3, 0.4) is 0 Å². The fourth-order valence-electron chi connectivity index (χ4n) is 2.63. The van der Waals surface area contributed by atoms with Crippen LogP contribution < -0.4 is 0 Å². The van der Waals surface area contributed by atoms with Crippen LogP contribution in [0.4, 0.5) is 0 Å². The highest BCUT2D eigenvalue weighted by Gasteiger charge is 2.41. The van der Waals surface area contributed by atoms with Crippen molar-refractivity contribution in [2.24, 2.45) is 11.3 Å². The van der Waals surface area contributed by atoms with Crippen molar-refractivity contribution in [3.05, 3.63) is 23.7 Å². The molecule has 0 amide bonds. The minimum atomic E-state index is 0.313. The summed E-state index contributed by atoms with van der Waals surface area (Å²) in [5.74, 6) is 3.22. The lowest BCUT2D eigenvalue weighted by Crippen LogP contribution is -2.19. The first-order chi connectivity index (χ1) is 7.39. The van der Waals surface area contributed by atoms with E-state index in [1.165, 1.54) is 24.2 Å². The molecule has 0 N–H and O–H groups in total. The van der Waals surface area contributed by atoms with Crippen LogP contribution in [0.25, 0.3) is 0 Å². The summed E-state index contributed by atoms with van der Waals surface area (Å²) in [4.78, 5) is 0. The lowest BCUT2D eigenvalue weighted by Gasteiger charge is -2.29. The Labute approximate surface area is 99.2 Å². The highest BCUT2D eigenvalue weighted by Crippen LogP contribution is 2.51. The predicted molar refractivity (Wildman–Crippen MR) is 67.7 cm³/mol. The van der Waals surface area contributed by atoms with E-state index in [2.05, 4.69) is 40.7 Å². The molecule has 16 heavy (non-hydrogen) atoms. The van der Waals surface area contributed by atoms with Crippen molar-refractivity contribution >= 4 is 0 Å². The van der Waals surface area contributed by atoms with Gasteiger partial charge in [-0.15, -0.1) is 0 Å². The average molecular weight is 220 g/mol. The lowest BCUT2D eigenvalue weighted by molar-refractivity contribution is 0.254. The Morgan fingerprint density at radius 1 is 1.25 bits per heavy atom. The molecule has 1 heteroatoms. The molecule has 0 aliphatic heterocycles. The molecular weight excluding hydrogens is 196 g/mol. The van der Waals surface area contributed by atoms with E-state index in [4.69, 9.17) is 4.42 Å². The Kier molecular flexibility index (Phi) is 2.90. The molecule has 0 aromatic carbocycles. The van der Waals surface area contributed by atoms with Gasteiger partial charge in [-0.3, -0.25) is 0 Å². The Morgan fingerprint density at radius 3 is 2.25 bits per heavy atom. The molecule has 1 heterocycles. The summed E-state index contributed by atoms with van der Waals surface area (Å²) in [5.41, 5.74) is 1.65. The van der Waals surface area contributed by atoms with Crippen LogP contribution >= 0.6 is 0 Å². The fraction of sp³-hybridized carbons (Fsp3) is 0.733. The second kappa shape index (κ2) is 3.94. The molecule has 1 aromatic rings. The molecule has 0 radical (unpaired) electrons. The molecule has 1 saturated carbocycles. The molecule has 2 rings (SSSR count). The molecule has 1 aliphatic carbocycles. The van der Waals surface area contributed by atoms with Gasteiger partial charge in [0.15, 0.2) is 0 Å². The summed E-state index contributed by atoms with van der Waals surface area (Å²) < 4.78 is 5.82. The van der Waals surface area contributed by atoms with Crippen molar-refractivity contribution in [3.8, 4) is 0 Å². The van der Waals surface area contributed by atoms with Crippen molar-refractivity contribution in [1.82, 2.24) is 0 Å². The summed E-state index contributed by atoms with van der Waals surface area (Å²) in [5, 5.41) is 0. The minimum Gasteiger partial charge on any atom is -0.469 e. The van der Waals surface area contributed by atoms with Gasteiger partial charge in [-0.25, -0.2) is 0 Å². The zero-order chi connectivity index (χ0) is 11.9. The van der Waals surface area contributed by atoms with Crippen LogP contribution in [0, 0.1) is 11.3 Å². The van der Waals surface area contributed by atoms with Crippen molar-refractivity contribution in [3.63, 3.8) is 0 Å². The zero-order valence-corrected chi connectivity index (χ0v) is 11.2. The molecule has 1 nitrogen and oxygen atoms in total. The van der Waals surface area contributed by atoms with E-state index in [9.17, 15) is 0 Å². The van der Waals surface area contributed by atoms with E-state index in [1.807, 2.05) is 6.26 Å². The molecule has 0 saturated heterocycles. The molecule has 1 aliphatic rings. The van der Waals surface area contributed by atoms with Crippen LogP contribution in [0.5, 0.6) is 0 Å². The highest BCUT2D eigenvalue weighted by atomic mass is 16.3. The molecule has 90 valence electrons. The number of hydrogen-bond donors (Lipinski definition) is 0. The van der Waals surface area contributed by atoms with Gasteiger partial charge < -0.3 is 4.42 Å². The Hall–Kier alpha value is -0.720. The van der Waals surface area contributed by atoms with Crippen molar-refractivity contribution in [1.29, 1.82) is 0 Å². The van der Waals surface area contributed by atoms with Crippen molar-refractivity contribution in [2.45, 2.75) is 59.3 Å². The van der Waals surface area contributed by atoms with Crippen LogP contribution in [-0.4, -0.2) is 0 Å². The van der Waals surface area contributed by atoms with Gasteiger partial charge in [0, 0.05) is 5.92 Å². The quantitative estimate of drug-likeness (QED) is 0.703. The van der Waals surface area contributed by atoms with E-state index < -0.39 is 0 Å². The third-order valence-corrected chi connectivity index (χ3v) is 3.64. The Morgan fingerprint density at radius 2 is 1.88 bits per heavy atom. The molecular formula is C15H24O. The molecule has 0 unspecified atom stereocenters. The summed E-state index contributed by atoms with van der Waals surface area (Å²) in [7, 11) is 0. The highest BCUT2D eigenvalue weighted by molar-refractivity contribution is 5.22. The second-order valence-electron chi connectivity index (χ2n) is 6.62.